The Morgan fingerprint density at radius 2 is 1.81 bits per heavy atom. The second kappa shape index (κ2) is 7.09. The van der Waals surface area contributed by atoms with Gasteiger partial charge in [-0.25, -0.2) is 13.2 Å². The number of benzene rings is 2. The third-order valence-electron chi connectivity index (χ3n) is 5.17. The number of allylic oxidation sites excluding steroid dienone is 1. The van der Waals surface area contributed by atoms with E-state index < -0.39 is 35.1 Å². The zero-order valence-corrected chi connectivity index (χ0v) is 15.7. The summed E-state index contributed by atoms with van der Waals surface area (Å²) in [4.78, 5) is 29.1. The number of hydrogen-bond donors (Lipinski definition) is 0. The highest BCUT2D eigenvalue weighted by atomic mass is 19.2. The highest BCUT2D eigenvalue weighted by Crippen LogP contribution is 2.48. The number of Topliss-reactive ketones (excluding diaryl/α,β-unsaturated/α-hetero) is 1. The van der Waals surface area contributed by atoms with Crippen molar-refractivity contribution in [3.8, 4) is 11.5 Å². The maximum Gasteiger partial charge on any atom is 0.312 e. The number of carbonyl (C=O) groups excluding carboxylic acids is 2. The number of carbonyl (C=O) groups is 2. The molecule has 1 atom stereocenters. The van der Waals surface area contributed by atoms with Crippen LogP contribution in [0.3, 0.4) is 0 Å². The van der Waals surface area contributed by atoms with Gasteiger partial charge < -0.3 is 9.47 Å². The minimum atomic E-state index is -1.60. The van der Waals surface area contributed by atoms with Crippen molar-refractivity contribution in [2.24, 2.45) is 0 Å². The first kappa shape index (κ1) is 19.0. The molecule has 0 N–H and O–H groups in total. The Labute approximate surface area is 173 Å². The van der Waals surface area contributed by atoms with Gasteiger partial charge in [0, 0.05) is 23.9 Å². The summed E-state index contributed by atoms with van der Waals surface area (Å²) in [6, 6.07) is 8.03. The summed E-state index contributed by atoms with van der Waals surface area (Å²) in [7, 11) is 0. The average molecular weight is 423 g/mol. The van der Waals surface area contributed by atoms with Crippen LogP contribution in [0, 0.1) is 17.5 Å². The molecule has 5 rings (SSSR count). The molecule has 2 aliphatic rings. The normalized spacial score (nSPS) is 18.4. The van der Waals surface area contributed by atoms with Crippen LogP contribution in [-0.4, -0.2) is 16.7 Å². The molecule has 8 heteroatoms. The van der Waals surface area contributed by atoms with Crippen LogP contribution in [0.15, 0.2) is 54.6 Å². The van der Waals surface area contributed by atoms with E-state index in [4.69, 9.17) is 9.47 Å². The molecule has 0 fully saturated rings. The molecule has 154 valence electrons. The zero-order chi connectivity index (χ0) is 21.7. The standard InChI is InChI=1S/C23H12F3NO4/c24-15-6-11(7-16(25)21(15)26)8-18-22(29)13-3-4-17-20(23(13)31-18)14(9-19(28)30-17)12-2-1-5-27-10-12/h1-8,10,14H,9H2/b18-8-. The van der Waals surface area contributed by atoms with E-state index in [2.05, 4.69) is 4.98 Å². The van der Waals surface area contributed by atoms with E-state index in [0.717, 1.165) is 23.8 Å². The Hall–Kier alpha value is -3.94. The smallest absolute Gasteiger partial charge is 0.312 e. The van der Waals surface area contributed by atoms with Gasteiger partial charge >= 0.3 is 5.97 Å². The number of fused-ring (bicyclic) bond motifs is 3. The van der Waals surface area contributed by atoms with Crippen molar-refractivity contribution in [3.63, 3.8) is 0 Å². The summed E-state index contributed by atoms with van der Waals surface area (Å²) in [5.41, 5.74) is 1.40. The predicted molar refractivity (Wildman–Crippen MR) is 102 cm³/mol. The lowest BCUT2D eigenvalue weighted by Gasteiger charge is -2.26. The van der Waals surface area contributed by atoms with Crippen LogP contribution in [-0.2, 0) is 4.79 Å². The van der Waals surface area contributed by atoms with Gasteiger partial charge in [-0.15, -0.1) is 0 Å². The van der Waals surface area contributed by atoms with Crippen LogP contribution >= 0.6 is 0 Å². The Bertz CT molecular complexity index is 1260. The van der Waals surface area contributed by atoms with E-state index in [9.17, 15) is 22.8 Å². The summed E-state index contributed by atoms with van der Waals surface area (Å²) < 4.78 is 51.4. The molecule has 1 aromatic heterocycles. The van der Waals surface area contributed by atoms with Crippen molar-refractivity contribution >= 4 is 17.8 Å². The van der Waals surface area contributed by atoms with E-state index in [1.54, 1.807) is 24.5 Å². The molecule has 3 aromatic rings. The summed E-state index contributed by atoms with van der Waals surface area (Å²) in [5.74, 6) is -5.47. The van der Waals surface area contributed by atoms with Gasteiger partial charge in [-0.2, -0.15) is 0 Å². The maximum absolute atomic E-state index is 13.6. The monoisotopic (exact) mass is 423 g/mol. The van der Waals surface area contributed by atoms with Crippen molar-refractivity contribution in [3.05, 3.63) is 94.3 Å². The lowest BCUT2D eigenvalue weighted by Crippen LogP contribution is -2.21. The Balaban J connectivity index is 1.61. The van der Waals surface area contributed by atoms with Gasteiger partial charge in [-0.3, -0.25) is 14.6 Å². The second-order valence-corrected chi connectivity index (χ2v) is 7.11. The highest BCUT2D eigenvalue weighted by Gasteiger charge is 2.38. The molecule has 3 heterocycles. The molecule has 31 heavy (non-hydrogen) atoms. The van der Waals surface area contributed by atoms with Crippen molar-refractivity contribution in [2.45, 2.75) is 12.3 Å². The summed E-state index contributed by atoms with van der Waals surface area (Å²) in [6.45, 7) is 0. The van der Waals surface area contributed by atoms with Gasteiger partial charge in [0.05, 0.1) is 12.0 Å². The van der Waals surface area contributed by atoms with E-state index in [-0.39, 0.29) is 34.8 Å². The second-order valence-electron chi connectivity index (χ2n) is 7.11. The van der Waals surface area contributed by atoms with E-state index in [0.29, 0.717) is 5.56 Å². The van der Waals surface area contributed by atoms with Crippen molar-refractivity contribution in [2.75, 3.05) is 0 Å². The molecule has 0 amide bonds. The number of halogens is 3. The van der Waals surface area contributed by atoms with Gasteiger partial charge in [0.1, 0.15) is 11.5 Å². The Morgan fingerprint density at radius 3 is 2.52 bits per heavy atom. The summed E-state index contributed by atoms with van der Waals surface area (Å²) >= 11 is 0. The first-order valence-electron chi connectivity index (χ1n) is 9.28. The molecule has 2 aromatic carbocycles. The summed E-state index contributed by atoms with van der Waals surface area (Å²) in [5, 5.41) is 0. The van der Waals surface area contributed by atoms with Crippen LogP contribution in [0.2, 0.25) is 0 Å². The number of esters is 1. The number of nitrogens with zero attached hydrogens (tertiary/aromatic N) is 1. The molecule has 0 bridgehead atoms. The molecular formula is C23H12F3NO4. The number of ether oxygens (including phenoxy) is 2. The lowest BCUT2D eigenvalue weighted by molar-refractivity contribution is -0.135. The number of pyridine rings is 1. The third-order valence-corrected chi connectivity index (χ3v) is 5.17. The van der Waals surface area contributed by atoms with Gasteiger partial charge in [0.2, 0.25) is 5.78 Å². The zero-order valence-electron chi connectivity index (χ0n) is 15.7. The topological polar surface area (TPSA) is 65.5 Å². The molecule has 0 spiro atoms. The molecule has 0 radical (unpaired) electrons. The molecule has 1 unspecified atom stereocenters. The van der Waals surface area contributed by atoms with Crippen molar-refractivity contribution < 1.29 is 32.2 Å². The van der Waals surface area contributed by atoms with Crippen molar-refractivity contribution in [1.29, 1.82) is 0 Å². The molecule has 2 aliphatic heterocycles. The van der Waals surface area contributed by atoms with Crippen LogP contribution in [0.1, 0.15) is 39.4 Å². The minimum Gasteiger partial charge on any atom is -0.452 e. The van der Waals surface area contributed by atoms with Gasteiger partial charge in [-0.05, 0) is 47.5 Å². The number of rotatable bonds is 2. The van der Waals surface area contributed by atoms with Crippen molar-refractivity contribution in [1.82, 2.24) is 4.98 Å². The van der Waals surface area contributed by atoms with E-state index >= 15 is 0 Å². The average Bonchev–Trinajstić information content (AvgIpc) is 3.07. The largest absolute Gasteiger partial charge is 0.452 e. The summed E-state index contributed by atoms with van der Waals surface area (Å²) in [6.07, 6.45) is 4.38. The SMILES string of the molecule is O=C1CC(c2cccnc2)c2c(ccc3c2O/C(=C\c2cc(F)c(F)c(F)c2)C3=O)O1. The van der Waals surface area contributed by atoms with Gasteiger partial charge in [0.25, 0.3) is 0 Å². The highest BCUT2D eigenvalue weighted by molar-refractivity contribution is 6.15. The first-order valence-corrected chi connectivity index (χ1v) is 9.28. The molecular weight excluding hydrogens is 411 g/mol. The van der Waals surface area contributed by atoms with E-state index in [1.807, 2.05) is 0 Å². The third kappa shape index (κ3) is 3.16. The molecule has 0 aliphatic carbocycles. The molecule has 0 saturated heterocycles. The first-order chi connectivity index (χ1) is 14.9. The van der Waals surface area contributed by atoms with Crippen LogP contribution in [0.25, 0.3) is 6.08 Å². The number of aromatic nitrogens is 1. The number of hydrogen-bond acceptors (Lipinski definition) is 5. The van der Waals surface area contributed by atoms with Gasteiger partial charge in [-0.1, -0.05) is 6.07 Å². The Morgan fingerprint density at radius 1 is 1.03 bits per heavy atom. The Kier molecular flexibility index (Phi) is 4.35. The lowest BCUT2D eigenvalue weighted by atomic mass is 9.85. The van der Waals surface area contributed by atoms with Crippen LogP contribution in [0.4, 0.5) is 13.2 Å². The van der Waals surface area contributed by atoms with E-state index in [1.165, 1.54) is 12.1 Å². The number of ketones is 1. The minimum absolute atomic E-state index is 0.0279. The maximum atomic E-state index is 13.6. The van der Waals surface area contributed by atoms with Gasteiger partial charge in [0.15, 0.2) is 23.2 Å². The predicted octanol–water partition coefficient (Wildman–Crippen LogP) is 4.56. The fourth-order valence-corrected chi connectivity index (χ4v) is 3.78. The van der Waals surface area contributed by atoms with Crippen LogP contribution in [0.5, 0.6) is 11.5 Å². The fourth-order valence-electron chi connectivity index (χ4n) is 3.78. The van der Waals surface area contributed by atoms with Crippen LogP contribution < -0.4 is 9.47 Å². The quantitative estimate of drug-likeness (QED) is 0.262. The molecule has 5 nitrogen and oxygen atoms in total. The molecule has 0 saturated carbocycles. The fraction of sp³-hybridized carbons (Fsp3) is 0.0870.